The van der Waals surface area contributed by atoms with Gasteiger partial charge in [-0.1, -0.05) is 49.9 Å². The summed E-state index contributed by atoms with van der Waals surface area (Å²) in [6.07, 6.45) is 6.76. The fourth-order valence-electron chi connectivity index (χ4n) is 3.41. The summed E-state index contributed by atoms with van der Waals surface area (Å²) in [5, 5.41) is 14.4. The largest absolute Gasteiger partial charge is 0.388 e. The predicted octanol–water partition coefficient (Wildman–Crippen LogP) is 2.92. The quantitative estimate of drug-likeness (QED) is 0.728. The maximum atomic E-state index is 10.9. The van der Waals surface area contributed by atoms with E-state index >= 15 is 0 Å². The van der Waals surface area contributed by atoms with Crippen molar-refractivity contribution in [1.82, 2.24) is 5.32 Å². The second-order valence-corrected chi connectivity index (χ2v) is 5.53. The number of fused-ring (bicyclic) bond motifs is 1. The fourth-order valence-corrected chi connectivity index (χ4v) is 3.41. The zero-order valence-corrected chi connectivity index (χ0v) is 10.3. The second-order valence-electron chi connectivity index (χ2n) is 5.53. The summed E-state index contributed by atoms with van der Waals surface area (Å²) in [4.78, 5) is 0. The van der Waals surface area contributed by atoms with Gasteiger partial charge in [-0.05, 0) is 24.0 Å². The van der Waals surface area contributed by atoms with E-state index in [4.69, 9.17) is 0 Å². The molecule has 0 bridgehead atoms. The summed E-state index contributed by atoms with van der Waals surface area (Å²) in [5.41, 5.74) is 2.15. The van der Waals surface area contributed by atoms with Crippen LogP contribution in [0.3, 0.4) is 0 Å². The van der Waals surface area contributed by atoms with Crippen LogP contribution in [-0.4, -0.2) is 10.7 Å². The number of aliphatic hydroxyl groups is 1. The number of nitrogens with one attached hydrogen (secondary N) is 1. The summed E-state index contributed by atoms with van der Waals surface area (Å²) in [6, 6.07) is 8.65. The summed E-state index contributed by atoms with van der Waals surface area (Å²) < 4.78 is 0. The lowest BCUT2D eigenvalue weighted by molar-refractivity contribution is -0.0104. The number of hydrogen-bond donors (Lipinski definition) is 2. The van der Waals surface area contributed by atoms with Crippen molar-refractivity contribution >= 4 is 0 Å². The molecule has 1 aromatic carbocycles. The van der Waals surface area contributed by atoms with Crippen LogP contribution in [0, 0.1) is 0 Å². The van der Waals surface area contributed by atoms with Gasteiger partial charge in [0.1, 0.15) is 0 Å². The van der Waals surface area contributed by atoms with Gasteiger partial charge in [0.15, 0.2) is 0 Å². The van der Waals surface area contributed by atoms with E-state index in [0.717, 1.165) is 32.2 Å². The van der Waals surface area contributed by atoms with E-state index in [1.165, 1.54) is 24.0 Å². The molecule has 3 rings (SSSR count). The first-order valence-electron chi connectivity index (χ1n) is 6.83. The molecular formula is C15H21NO. The van der Waals surface area contributed by atoms with Gasteiger partial charge in [-0.25, -0.2) is 0 Å². The van der Waals surface area contributed by atoms with Crippen molar-refractivity contribution in [1.29, 1.82) is 0 Å². The Bertz CT molecular complexity index is 394. The zero-order valence-electron chi connectivity index (χ0n) is 10.3. The lowest BCUT2D eigenvalue weighted by Crippen LogP contribution is -2.40. The molecule has 1 atom stereocenters. The SMILES string of the molecule is OC1(C2NCc3ccccc32)CCCCCC1. The highest BCUT2D eigenvalue weighted by molar-refractivity contribution is 5.35. The maximum absolute atomic E-state index is 10.9. The first kappa shape index (κ1) is 11.2. The molecule has 2 N–H and O–H groups in total. The Morgan fingerprint density at radius 1 is 1.06 bits per heavy atom. The van der Waals surface area contributed by atoms with E-state index in [9.17, 15) is 5.11 Å². The average Bonchev–Trinajstić information content (AvgIpc) is 2.67. The van der Waals surface area contributed by atoms with Crippen LogP contribution in [0.5, 0.6) is 0 Å². The Morgan fingerprint density at radius 2 is 1.76 bits per heavy atom. The normalized spacial score (nSPS) is 27.5. The number of benzene rings is 1. The van der Waals surface area contributed by atoms with Crippen molar-refractivity contribution < 1.29 is 5.11 Å². The van der Waals surface area contributed by atoms with Crippen molar-refractivity contribution in [2.75, 3.05) is 0 Å². The van der Waals surface area contributed by atoms with Crippen molar-refractivity contribution in [3.63, 3.8) is 0 Å². The first-order chi connectivity index (χ1) is 8.30. The van der Waals surface area contributed by atoms with Gasteiger partial charge in [0.05, 0.1) is 11.6 Å². The van der Waals surface area contributed by atoms with Crippen LogP contribution in [0.1, 0.15) is 55.7 Å². The summed E-state index contributed by atoms with van der Waals surface area (Å²) in [7, 11) is 0. The molecular weight excluding hydrogens is 210 g/mol. The van der Waals surface area contributed by atoms with Gasteiger partial charge in [0.2, 0.25) is 0 Å². The Labute approximate surface area is 103 Å². The molecule has 0 amide bonds. The van der Waals surface area contributed by atoms with E-state index in [0.29, 0.717) is 0 Å². The van der Waals surface area contributed by atoms with Crippen molar-refractivity contribution in [2.24, 2.45) is 0 Å². The molecule has 0 aromatic heterocycles. The third-order valence-electron chi connectivity index (χ3n) is 4.37. The number of rotatable bonds is 1. The average molecular weight is 231 g/mol. The van der Waals surface area contributed by atoms with Gasteiger partial charge < -0.3 is 10.4 Å². The molecule has 92 valence electrons. The van der Waals surface area contributed by atoms with E-state index in [1.807, 2.05) is 0 Å². The van der Waals surface area contributed by atoms with Crippen LogP contribution in [-0.2, 0) is 6.54 Å². The third kappa shape index (κ3) is 2.00. The highest BCUT2D eigenvalue weighted by Crippen LogP contribution is 2.41. The van der Waals surface area contributed by atoms with Gasteiger partial charge in [0, 0.05) is 6.54 Å². The van der Waals surface area contributed by atoms with Crippen LogP contribution in [0.2, 0.25) is 0 Å². The molecule has 1 aliphatic carbocycles. The molecule has 1 unspecified atom stereocenters. The molecule has 0 radical (unpaired) electrons. The highest BCUT2D eigenvalue weighted by Gasteiger charge is 2.40. The first-order valence-corrected chi connectivity index (χ1v) is 6.83. The van der Waals surface area contributed by atoms with Crippen molar-refractivity contribution in [3.05, 3.63) is 35.4 Å². The summed E-state index contributed by atoms with van der Waals surface area (Å²) in [6.45, 7) is 0.906. The van der Waals surface area contributed by atoms with Crippen LogP contribution in [0.15, 0.2) is 24.3 Å². The second kappa shape index (κ2) is 4.43. The highest BCUT2D eigenvalue weighted by atomic mass is 16.3. The Morgan fingerprint density at radius 3 is 2.53 bits per heavy atom. The molecule has 2 aliphatic rings. The molecule has 2 heteroatoms. The molecule has 1 heterocycles. The van der Waals surface area contributed by atoms with Crippen LogP contribution in [0.25, 0.3) is 0 Å². The van der Waals surface area contributed by atoms with E-state index in [2.05, 4.69) is 29.6 Å². The molecule has 1 aromatic rings. The van der Waals surface area contributed by atoms with E-state index in [-0.39, 0.29) is 6.04 Å². The molecule has 2 nitrogen and oxygen atoms in total. The van der Waals surface area contributed by atoms with Gasteiger partial charge in [-0.3, -0.25) is 0 Å². The Hall–Kier alpha value is -0.860. The van der Waals surface area contributed by atoms with E-state index < -0.39 is 5.60 Å². The molecule has 0 spiro atoms. The molecule has 1 saturated carbocycles. The smallest absolute Gasteiger partial charge is 0.0841 e. The summed E-state index contributed by atoms with van der Waals surface area (Å²) >= 11 is 0. The maximum Gasteiger partial charge on any atom is 0.0841 e. The standard InChI is InChI=1S/C15H21NO/c17-15(9-5-1-2-6-10-15)14-13-8-4-3-7-12(13)11-16-14/h3-4,7-8,14,16-17H,1-2,5-6,9-11H2. The predicted molar refractivity (Wildman–Crippen MR) is 68.7 cm³/mol. The fraction of sp³-hybridized carbons (Fsp3) is 0.600. The molecule has 17 heavy (non-hydrogen) atoms. The Kier molecular flexibility index (Phi) is 2.93. The number of hydrogen-bond acceptors (Lipinski definition) is 2. The van der Waals surface area contributed by atoms with Gasteiger partial charge in [-0.15, -0.1) is 0 Å². The van der Waals surface area contributed by atoms with Crippen LogP contribution >= 0.6 is 0 Å². The zero-order chi connectivity index (χ0) is 11.7. The van der Waals surface area contributed by atoms with Gasteiger partial charge in [-0.2, -0.15) is 0 Å². The Balaban J connectivity index is 1.89. The minimum absolute atomic E-state index is 0.150. The lowest BCUT2D eigenvalue weighted by Gasteiger charge is -2.34. The van der Waals surface area contributed by atoms with Crippen LogP contribution in [0.4, 0.5) is 0 Å². The van der Waals surface area contributed by atoms with Crippen LogP contribution < -0.4 is 5.32 Å². The minimum atomic E-state index is -0.525. The molecule has 0 saturated heterocycles. The van der Waals surface area contributed by atoms with Crippen molar-refractivity contribution in [3.8, 4) is 0 Å². The minimum Gasteiger partial charge on any atom is -0.388 e. The lowest BCUT2D eigenvalue weighted by atomic mass is 9.83. The molecule has 1 aliphatic heterocycles. The van der Waals surface area contributed by atoms with Gasteiger partial charge >= 0.3 is 0 Å². The monoisotopic (exact) mass is 231 g/mol. The topological polar surface area (TPSA) is 32.3 Å². The van der Waals surface area contributed by atoms with Crippen molar-refractivity contribution in [2.45, 2.75) is 56.7 Å². The van der Waals surface area contributed by atoms with E-state index in [1.54, 1.807) is 0 Å². The van der Waals surface area contributed by atoms with Gasteiger partial charge in [0.25, 0.3) is 0 Å². The molecule has 1 fully saturated rings. The summed E-state index contributed by atoms with van der Waals surface area (Å²) in [5.74, 6) is 0. The third-order valence-corrected chi connectivity index (χ3v) is 4.37.